The number of hydrogen-bond donors (Lipinski definition) is 1. The van der Waals surface area contributed by atoms with Gasteiger partial charge in [-0.1, -0.05) is 35.9 Å². The van der Waals surface area contributed by atoms with Crippen LogP contribution in [0.5, 0.6) is 0 Å². The van der Waals surface area contributed by atoms with Gasteiger partial charge in [-0.25, -0.2) is 4.79 Å². The van der Waals surface area contributed by atoms with Crippen molar-refractivity contribution in [3.05, 3.63) is 71.3 Å². The molecule has 2 amide bonds. The molecule has 0 unspecified atom stereocenters. The van der Waals surface area contributed by atoms with Crippen molar-refractivity contribution in [2.75, 3.05) is 36.4 Å². The Hall–Kier alpha value is -3.41. The average molecular weight is 402 g/mol. The lowest BCUT2D eigenvalue weighted by Gasteiger charge is -2.35. The van der Waals surface area contributed by atoms with Gasteiger partial charge in [0.25, 0.3) is 0 Å². The van der Waals surface area contributed by atoms with Gasteiger partial charge in [-0.05, 0) is 56.2 Å². The first-order chi connectivity index (χ1) is 14.5. The Morgan fingerprint density at radius 3 is 2.07 bits per heavy atom. The highest BCUT2D eigenvalue weighted by Crippen LogP contribution is 2.20. The highest BCUT2D eigenvalue weighted by atomic mass is 16.2. The topological polar surface area (TPSA) is 61.4 Å². The number of anilines is 2. The molecular weight excluding hydrogens is 374 g/mol. The van der Waals surface area contributed by atoms with Crippen molar-refractivity contribution in [3.63, 3.8) is 0 Å². The number of urea groups is 1. The van der Waals surface area contributed by atoms with E-state index in [4.69, 9.17) is 0 Å². The summed E-state index contributed by atoms with van der Waals surface area (Å²) in [7, 11) is 0. The van der Waals surface area contributed by atoms with E-state index in [0.717, 1.165) is 47.0 Å². The summed E-state index contributed by atoms with van der Waals surface area (Å²) >= 11 is 0. The predicted molar refractivity (Wildman–Crippen MR) is 121 cm³/mol. The molecule has 2 aromatic carbocycles. The van der Waals surface area contributed by atoms with Crippen LogP contribution in [0, 0.1) is 20.8 Å². The Morgan fingerprint density at radius 1 is 0.800 bits per heavy atom. The molecule has 1 aromatic heterocycles. The van der Waals surface area contributed by atoms with Crippen molar-refractivity contribution < 1.29 is 4.79 Å². The minimum atomic E-state index is -0.0551. The van der Waals surface area contributed by atoms with Crippen LogP contribution in [0.3, 0.4) is 0 Å². The SMILES string of the molecule is Cc1ccc(-c2ccc(N3CCN(C(=O)Nc4cc(C)cc(C)c4)CC3)nn2)cc1. The molecule has 4 rings (SSSR count). The van der Waals surface area contributed by atoms with Gasteiger partial charge in [-0.15, -0.1) is 10.2 Å². The van der Waals surface area contributed by atoms with E-state index in [2.05, 4.69) is 57.7 Å². The largest absolute Gasteiger partial charge is 0.352 e. The van der Waals surface area contributed by atoms with Crippen LogP contribution in [0.25, 0.3) is 11.3 Å². The van der Waals surface area contributed by atoms with Gasteiger partial charge in [0.2, 0.25) is 0 Å². The van der Waals surface area contributed by atoms with Crippen molar-refractivity contribution in [2.45, 2.75) is 20.8 Å². The number of hydrogen-bond acceptors (Lipinski definition) is 4. The second kappa shape index (κ2) is 8.53. The number of carbonyl (C=O) groups excluding carboxylic acids is 1. The fraction of sp³-hybridized carbons (Fsp3) is 0.292. The van der Waals surface area contributed by atoms with Crippen molar-refractivity contribution in [3.8, 4) is 11.3 Å². The normalized spacial score (nSPS) is 14.0. The summed E-state index contributed by atoms with van der Waals surface area (Å²) in [5.41, 5.74) is 6.28. The van der Waals surface area contributed by atoms with Crippen LogP contribution in [0.1, 0.15) is 16.7 Å². The number of amides is 2. The van der Waals surface area contributed by atoms with E-state index < -0.39 is 0 Å². The summed E-state index contributed by atoms with van der Waals surface area (Å²) in [6.07, 6.45) is 0. The maximum Gasteiger partial charge on any atom is 0.321 e. The number of nitrogens with one attached hydrogen (secondary N) is 1. The lowest BCUT2D eigenvalue weighted by Crippen LogP contribution is -2.50. The predicted octanol–water partition coefficient (Wildman–Crippen LogP) is 4.42. The van der Waals surface area contributed by atoms with Gasteiger partial charge in [0.1, 0.15) is 0 Å². The number of carbonyl (C=O) groups is 1. The zero-order valence-electron chi connectivity index (χ0n) is 17.7. The standard InChI is InChI=1S/C24H27N5O/c1-17-4-6-20(7-5-17)22-8-9-23(27-26-22)28-10-12-29(13-11-28)24(30)25-21-15-18(2)14-19(3)16-21/h4-9,14-16H,10-13H2,1-3H3,(H,25,30). The fourth-order valence-electron chi connectivity index (χ4n) is 3.76. The van der Waals surface area contributed by atoms with E-state index in [9.17, 15) is 4.79 Å². The highest BCUT2D eigenvalue weighted by molar-refractivity contribution is 5.89. The monoisotopic (exact) mass is 401 g/mol. The number of nitrogens with zero attached hydrogens (tertiary/aromatic N) is 4. The van der Waals surface area contributed by atoms with Crippen molar-refractivity contribution in [1.82, 2.24) is 15.1 Å². The van der Waals surface area contributed by atoms with Crippen LogP contribution in [-0.2, 0) is 0 Å². The molecule has 0 atom stereocenters. The molecule has 2 heterocycles. The molecule has 0 bridgehead atoms. The third-order valence-electron chi connectivity index (χ3n) is 5.36. The molecule has 6 nitrogen and oxygen atoms in total. The summed E-state index contributed by atoms with van der Waals surface area (Å²) in [6, 6.07) is 18.3. The van der Waals surface area contributed by atoms with E-state index in [0.29, 0.717) is 13.1 Å². The molecule has 1 aliphatic rings. The fourth-order valence-corrected chi connectivity index (χ4v) is 3.76. The quantitative estimate of drug-likeness (QED) is 0.706. The van der Waals surface area contributed by atoms with Gasteiger partial charge in [0.15, 0.2) is 5.82 Å². The maximum absolute atomic E-state index is 12.6. The van der Waals surface area contributed by atoms with Crippen LogP contribution < -0.4 is 10.2 Å². The molecule has 1 fully saturated rings. The van der Waals surface area contributed by atoms with Crippen molar-refractivity contribution in [2.24, 2.45) is 0 Å². The third kappa shape index (κ3) is 4.59. The molecule has 1 aliphatic heterocycles. The van der Waals surface area contributed by atoms with Crippen molar-refractivity contribution >= 4 is 17.5 Å². The molecule has 0 spiro atoms. The van der Waals surface area contributed by atoms with E-state index in [1.807, 2.05) is 43.0 Å². The molecule has 154 valence electrons. The van der Waals surface area contributed by atoms with Crippen LogP contribution in [0.15, 0.2) is 54.6 Å². The Morgan fingerprint density at radius 2 is 1.47 bits per heavy atom. The molecular formula is C24H27N5O. The first kappa shape index (κ1) is 19.9. The summed E-state index contributed by atoms with van der Waals surface area (Å²) in [5, 5.41) is 11.8. The Bertz CT molecular complexity index is 1000. The van der Waals surface area contributed by atoms with Gasteiger partial charge >= 0.3 is 6.03 Å². The van der Waals surface area contributed by atoms with Gasteiger partial charge in [-0.3, -0.25) is 0 Å². The van der Waals surface area contributed by atoms with E-state index >= 15 is 0 Å². The molecule has 1 N–H and O–H groups in total. The average Bonchev–Trinajstić information content (AvgIpc) is 2.74. The van der Waals surface area contributed by atoms with E-state index in [1.54, 1.807) is 0 Å². The Balaban J connectivity index is 1.34. The second-order valence-electron chi connectivity index (χ2n) is 7.92. The molecule has 0 saturated carbocycles. The summed E-state index contributed by atoms with van der Waals surface area (Å²) < 4.78 is 0. The number of benzene rings is 2. The summed E-state index contributed by atoms with van der Waals surface area (Å²) in [4.78, 5) is 16.6. The first-order valence-electron chi connectivity index (χ1n) is 10.3. The number of aryl methyl sites for hydroxylation is 3. The molecule has 30 heavy (non-hydrogen) atoms. The lowest BCUT2D eigenvalue weighted by molar-refractivity contribution is 0.208. The smallest absolute Gasteiger partial charge is 0.321 e. The first-order valence-corrected chi connectivity index (χ1v) is 10.3. The maximum atomic E-state index is 12.6. The molecule has 0 aliphatic carbocycles. The Labute approximate surface area is 177 Å². The van der Waals surface area contributed by atoms with E-state index in [1.165, 1.54) is 5.56 Å². The minimum absolute atomic E-state index is 0.0551. The van der Waals surface area contributed by atoms with Gasteiger partial charge in [-0.2, -0.15) is 0 Å². The number of piperazine rings is 1. The van der Waals surface area contributed by atoms with Gasteiger partial charge in [0.05, 0.1) is 5.69 Å². The zero-order chi connectivity index (χ0) is 21.1. The van der Waals surface area contributed by atoms with Gasteiger partial charge in [0, 0.05) is 37.4 Å². The van der Waals surface area contributed by atoms with E-state index in [-0.39, 0.29) is 6.03 Å². The van der Waals surface area contributed by atoms with Gasteiger partial charge < -0.3 is 15.1 Å². The second-order valence-corrected chi connectivity index (χ2v) is 7.92. The van der Waals surface area contributed by atoms with Crippen LogP contribution >= 0.6 is 0 Å². The van der Waals surface area contributed by atoms with Crippen molar-refractivity contribution in [1.29, 1.82) is 0 Å². The molecule has 1 saturated heterocycles. The third-order valence-corrected chi connectivity index (χ3v) is 5.36. The zero-order valence-corrected chi connectivity index (χ0v) is 17.7. The van der Waals surface area contributed by atoms with Crippen LogP contribution in [0.2, 0.25) is 0 Å². The minimum Gasteiger partial charge on any atom is -0.352 e. The lowest BCUT2D eigenvalue weighted by atomic mass is 10.1. The highest BCUT2D eigenvalue weighted by Gasteiger charge is 2.22. The summed E-state index contributed by atoms with van der Waals surface area (Å²) in [6.45, 7) is 8.91. The van der Waals surface area contributed by atoms with Crippen LogP contribution in [0.4, 0.5) is 16.3 Å². The molecule has 3 aromatic rings. The molecule has 0 radical (unpaired) electrons. The number of rotatable bonds is 3. The number of aromatic nitrogens is 2. The summed E-state index contributed by atoms with van der Waals surface area (Å²) in [5.74, 6) is 0.847. The molecule has 6 heteroatoms. The Kier molecular flexibility index (Phi) is 5.65. The van der Waals surface area contributed by atoms with Crippen LogP contribution in [-0.4, -0.2) is 47.3 Å².